The lowest BCUT2D eigenvalue weighted by atomic mass is 10.4. The third-order valence-corrected chi connectivity index (χ3v) is 2.34. The maximum absolute atomic E-state index is 11.4. The molecular weight excluding hydrogens is 166 g/mol. The molecule has 76 valence electrons. The molecule has 1 rings (SSSR count). The van der Waals surface area contributed by atoms with E-state index >= 15 is 0 Å². The monoisotopic (exact) mass is 185 g/mol. The Bertz CT molecular complexity index is 182. The molecule has 0 aromatic heterocycles. The molecule has 0 radical (unpaired) electrons. The molecule has 1 saturated heterocycles. The standard InChI is InChI=1S/C9H19N3O/c1-10(2)5-4-6-12-8-7-11(3)9(12)13/h4-8H2,1-3H3. The fourth-order valence-corrected chi connectivity index (χ4v) is 1.49. The van der Waals surface area contributed by atoms with E-state index in [1.165, 1.54) is 0 Å². The molecule has 0 bridgehead atoms. The van der Waals surface area contributed by atoms with E-state index in [-0.39, 0.29) is 6.03 Å². The molecule has 0 aromatic carbocycles. The van der Waals surface area contributed by atoms with Crippen LogP contribution in [0, 0.1) is 0 Å². The van der Waals surface area contributed by atoms with Crippen LogP contribution in [0.4, 0.5) is 4.79 Å². The van der Waals surface area contributed by atoms with Gasteiger partial charge in [-0.1, -0.05) is 0 Å². The Balaban J connectivity index is 2.19. The van der Waals surface area contributed by atoms with Crippen LogP contribution in [0.25, 0.3) is 0 Å². The third kappa shape index (κ3) is 2.88. The number of urea groups is 1. The van der Waals surface area contributed by atoms with Crippen LogP contribution in [-0.2, 0) is 0 Å². The molecule has 1 heterocycles. The summed E-state index contributed by atoms with van der Waals surface area (Å²) in [5, 5.41) is 0. The van der Waals surface area contributed by atoms with Crippen LogP contribution in [0.5, 0.6) is 0 Å². The molecule has 4 heteroatoms. The number of amides is 2. The van der Waals surface area contributed by atoms with E-state index in [0.29, 0.717) is 0 Å². The Morgan fingerprint density at radius 2 is 2.08 bits per heavy atom. The Hall–Kier alpha value is -0.770. The highest BCUT2D eigenvalue weighted by atomic mass is 16.2. The highest BCUT2D eigenvalue weighted by Gasteiger charge is 2.24. The van der Waals surface area contributed by atoms with Gasteiger partial charge in [0, 0.05) is 26.7 Å². The number of likely N-dealkylation sites (N-methyl/N-ethyl adjacent to an activating group) is 1. The quantitative estimate of drug-likeness (QED) is 0.630. The van der Waals surface area contributed by atoms with E-state index in [2.05, 4.69) is 19.0 Å². The summed E-state index contributed by atoms with van der Waals surface area (Å²) in [6.07, 6.45) is 1.06. The largest absolute Gasteiger partial charge is 0.326 e. The van der Waals surface area contributed by atoms with E-state index in [1.54, 1.807) is 4.90 Å². The first-order chi connectivity index (χ1) is 6.11. The average molecular weight is 185 g/mol. The molecule has 4 nitrogen and oxygen atoms in total. The van der Waals surface area contributed by atoms with Crippen molar-refractivity contribution in [3.8, 4) is 0 Å². The summed E-state index contributed by atoms with van der Waals surface area (Å²) in [5.74, 6) is 0. The van der Waals surface area contributed by atoms with Crippen molar-refractivity contribution >= 4 is 6.03 Å². The van der Waals surface area contributed by atoms with Gasteiger partial charge in [-0.2, -0.15) is 0 Å². The molecule has 0 aliphatic carbocycles. The van der Waals surface area contributed by atoms with Crippen LogP contribution in [0.3, 0.4) is 0 Å². The molecule has 0 unspecified atom stereocenters. The topological polar surface area (TPSA) is 26.8 Å². The zero-order chi connectivity index (χ0) is 9.84. The lowest BCUT2D eigenvalue weighted by Gasteiger charge is -2.17. The van der Waals surface area contributed by atoms with E-state index in [0.717, 1.165) is 32.6 Å². The summed E-state index contributed by atoms with van der Waals surface area (Å²) < 4.78 is 0. The average Bonchev–Trinajstić information content (AvgIpc) is 2.35. The highest BCUT2D eigenvalue weighted by molar-refractivity contribution is 5.76. The van der Waals surface area contributed by atoms with E-state index in [4.69, 9.17) is 0 Å². The minimum atomic E-state index is 0.179. The predicted octanol–water partition coefficient (Wildman–Crippen LogP) is 0.305. The second-order valence-corrected chi connectivity index (χ2v) is 3.85. The minimum absolute atomic E-state index is 0.179. The Morgan fingerprint density at radius 3 is 2.54 bits per heavy atom. The maximum atomic E-state index is 11.4. The lowest BCUT2D eigenvalue weighted by Crippen LogP contribution is -2.31. The predicted molar refractivity (Wildman–Crippen MR) is 52.8 cm³/mol. The van der Waals surface area contributed by atoms with Gasteiger partial charge < -0.3 is 14.7 Å². The van der Waals surface area contributed by atoms with Crippen molar-refractivity contribution in [3.63, 3.8) is 0 Å². The fourth-order valence-electron chi connectivity index (χ4n) is 1.49. The third-order valence-electron chi connectivity index (χ3n) is 2.34. The van der Waals surface area contributed by atoms with Crippen molar-refractivity contribution in [1.82, 2.24) is 14.7 Å². The summed E-state index contributed by atoms with van der Waals surface area (Å²) in [6, 6.07) is 0.179. The zero-order valence-electron chi connectivity index (χ0n) is 8.79. The van der Waals surface area contributed by atoms with Gasteiger partial charge in [-0.05, 0) is 27.1 Å². The van der Waals surface area contributed by atoms with Gasteiger partial charge in [0.05, 0.1) is 0 Å². The normalized spacial score (nSPS) is 17.7. The van der Waals surface area contributed by atoms with E-state index in [9.17, 15) is 4.79 Å². The van der Waals surface area contributed by atoms with Gasteiger partial charge in [0.2, 0.25) is 0 Å². The summed E-state index contributed by atoms with van der Waals surface area (Å²) in [7, 11) is 5.96. The summed E-state index contributed by atoms with van der Waals surface area (Å²) >= 11 is 0. The van der Waals surface area contributed by atoms with Crippen LogP contribution in [0.1, 0.15) is 6.42 Å². The van der Waals surface area contributed by atoms with Gasteiger partial charge in [0.15, 0.2) is 0 Å². The van der Waals surface area contributed by atoms with Crippen LogP contribution < -0.4 is 0 Å². The number of rotatable bonds is 4. The first-order valence-corrected chi connectivity index (χ1v) is 4.76. The number of hydrogen-bond acceptors (Lipinski definition) is 2. The van der Waals surface area contributed by atoms with Gasteiger partial charge in [0.1, 0.15) is 0 Å². The van der Waals surface area contributed by atoms with Crippen molar-refractivity contribution in [1.29, 1.82) is 0 Å². The minimum Gasteiger partial charge on any atom is -0.326 e. The van der Waals surface area contributed by atoms with Crippen molar-refractivity contribution in [3.05, 3.63) is 0 Å². The molecular formula is C9H19N3O. The Kier molecular flexibility index (Phi) is 3.54. The van der Waals surface area contributed by atoms with Crippen molar-refractivity contribution < 1.29 is 4.79 Å². The Labute approximate surface area is 80.1 Å². The van der Waals surface area contributed by atoms with Crippen molar-refractivity contribution in [2.45, 2.75) is 6.42 Å². The molecule has 1 fully saturated rings. The summed E-state index contributed by atoms with van der Waals surface area (Å²) in [6.45, 7) is 3.71. The van der Waals surface area contributed by atoms with E-state index < -0.39 is 0 Å². The number of carbonyl (C=O) groups excluding carboxylic acids is 1. The van der Waals surface area contributed by atoms with Gasteiger partial charge in [-0.25, -0.2) is 4.79 Å². The van der Waals surface area contributed by atoms with Crippen molar-refractivity contribution in [2.24, 2.45) is 0 Å². The van der Waals surface area contributed by atoms with Gasteiger partial charge >= 0.3 is 6.03 Å². The van der Waals surface area contributed by atoms with Crippen molar-refractivity contribution in [2.75, 3.05) is 47.3 Å². The molecule has 0 atom stereocenters. The Morgan fingerprint density at radius 1 is 1.38 bits per heavy atom. The number of hydrogen-bond donors (Lipinski definition) is 0. The molecule has 0 spiro atoms. The molecule has 0 N–H and O–H groups in total. The summed E-state index contributed by atoms with van der Waals surface area (Å²) in [4.78, 5) is 17.3. The van der Waals surface area contributed by atoms with Crippen LogP contribution in [-0.4, -0.2) is 68.1 Å². The molecule has 1 aliphatic heterocycles. The maximum Gasteiger partial charge on any atom is 0.319 e. The fraction of sp³-hybridized carbons (Fsp3) is 0.889. The summed E-state index contributed by atoms with van der Waals surface area (Å²) in [5.41, 5.74) is 0. The second-order valence-electron chi connectivity index (χ2n) is 3.85. The number of nitrogens with zero attached hydrogens (tertiary/aromatic N) is 3. The molecule has 13 heavy (non-hydrogen) atoms. The smallest absolute Gasteiger partial charge is 0.319 e. The number of carbonyl (C=O) groups is 1. The molecule has 0 aromatic rings. The van der Waals surface area contributed by atoms with Crippen LogP contribution >= 0.6 is 0 Å². The first-order valence-electron chi connectivity index (χ1n) is 4.76. The van der Waals surface area contributed by atoms with E-state index in [1.807, 2.05) is 11.9 Å². The van der Waals surface area contributed by atoms with Gasteiger partial charge in [0.25, 0.3) is 0 Å². The SMILES string of the molecule is CN(C)CCCN1CCN(C)C1=O. The zero-order valence-corrected chi connectivity index (χ0v) is 8.79. The first kappa shape index (κ1) is 10.3. The van der Waals surface area contributed by atoms with Crippen LogP contribution in [0.2, 0.25) is 0 Å². The lowest BCUT2D eigenvalue weighted by molar-refractivity contribution is 0.196. The molecule has 0 saturated carbocycles. The van der Waals surface area contributed by atoms with Gasteiger partial charge in [-0.15, -0.1) is 0 Å². The highest BCUT2D eigenvalue weighted by Crippen LogP contribution is 2.06. The molecule has 1 aliphatic rings. The van der Waals surface area contributed by atoms with Crippen LogP contribution in [0.15, 0.2) is 0 Å². The molecule has 2 amide bonds. The van der Waals surface area contributed by atoms with Gasteiger partial charge in [-0.3, -0.25) is 0 Å². The second kappa shape index (κ2) is 4.46.